The van der Waals surface area contributed by atoms with Gasteiger partial charge in [-0.25, -0.2) is 9.59 Å². The van der Waals surface area contributed by atoms with Gasteiger partial charge in [0.25, 0.3) is 5.91 Å². The van der Waals surface area contributed by atoms with Gasteiger partial charge in [0.05, 0.1) is 25.0 Å². The highest BCUT2D eigenvalue weighted by atomic mass is 32.2. The number of amides is 3. The van der Waals surface area contributed by atoms with Crippen LogP contribution in [0, 0.1) is 0 Å². The minimum Gasteiger partial charge on any atom is -0.462 e. The van der Waals surface area contributed by atoms with Gasteiger partial charge in [-0.2, -0.15) is 0 Å². The quantitative estimate of drug-likeness (QED) is 0.139. The number of thioether (sulfide) groups is 1. The van der Waals surface area contributed by atoms with Crippen LogP contribution in [0.1, 0.15) is 69.9 Å². The summed E-state index contributed by atoms with van der Waals surface area (Å²) in [6, 6.07) is 19.7. The topological polar surface area (TPSA) is 127 Å². The minimum absolute atomic E-state index is 0.177. The molecule has 0 radical (unpaired) electrons. The Kier molecular flexibility index (Phi) is 10.2. The van der Waals surface area contributed by atoms with Gasteiger partial charge in [-0.15, -0.1) is 23.1 Å². The van der Waals surface area contributed by atoms with Crippen molar-refractivity contribution in [2.45, 2.75) is 56.4 Å². The summed E-state index contributed by atoms with van der Waals surface area (Å²) in [4.78, 5) is 55.8. The maximum absolute atomic E-state index is 14.1. The van der Waals surface area contributed by atoms with Crippen LogP contribution in [0.25, 0.3) is 0 Å². The molecule has 2 aromatic carbocycles. The molecule has 5 rings (SSSR count). The van der Waals surface area contributed by atoms with E-state index in [2.05, 4.69) is 10.6 Å². The molecule has 0 saturated heterocycles. The smallest absolute Gasteiger partial charge is 0.410 e. The van der Waals surface area contributed by atoms with E-state index in [1.165, 1.54) is 29.4 Å². The Morgan fingerprint density at radius 3 is 2.50 bits per heavy atom. The van der Waals surface area contributed by atoms with Gasteiger partial charge in [0, 0.05) is 22.0 Å². The fourth-order valence-corrected chi connectivity index (χ4v) is 7.19. The van der Waals surface area contributed by atoms with Gasteiger partial charge in [-0.1, -0.05) is 36.4 Å². The number of carbonyl (C=O) groups is 4. The van der Waals surface area contributed by atoms with E-state index in [-0.39, 0.29) is 30.7 Å². The highest BCUT2D eigenvalue weighted by molar-refractivity contribution is 8.00. The molecule has 4 aromatic rings. The zero-order valence-electron chi connectivity index (χ0n) is 26.0. The number of rotatable bonds is 9. The number of carbonyl (C=O) groups excluding carboxylic acids is 4. The third-order valence-corrected chi connectivity index (χ3v) is 9.24. The highest BCUT2D eigenvalue weighted by Gasteiger charge is 2.34. The molecule has 0 fully saturated rings. The molecule has 2 N–H and O–H groups in total. The maximum atomic E-state index is 14.1. The van der Waals surface area contributed by atoms with E-state index in [9.17, 15) is 19.2 Å². The lowest BCUT2D eigenvalue weighted by atomic mass is 10.0. The van der Waals surface area contributed by atoms with Crippen molar-refractivity contribution in [2.24, 2.45) is 0 Å². The van der Waals surface area contributed by atoms with Crippen molar-refractivity contribution in [1.29, 1.82) is 0 Å². The number of ether oxygens (including phenoxy) is 2. The van der Waals surface area contributed by atoms with Gasteiger partial charge in [0.1, 0.15) is 15.9 Å². The first-order valence-electron chi connectivity index (χ1n) is 14.8. The van der Waals surface area contributed by atoms with E-state index in [0.717, 1.165) is 20.9 Å². The number of nitrogens with zero attached hydrogens (tertiary/aromatic N) is 1. The van der Waals surface area contributed by atoms with Crippen molar-refractivity contribution >= 4 is 57.7 Å². The number of hydrogen-bond acceptors (Lipinski definition) is 9. The van der Waals surface area contributed by atoms with Crippen LogP contribution >= 0.6 is 23.1 Å². The molecule has 240 valence electrons. The van der Waals surface area contributed by atoms with Crippen molar-refractivity contribution in [3.05, 3.63) is 100 Å². The van der Waals surface area contributed by atoms with Gasteiger partial charge in [0.15, 0.2) is 5.76 Å². The number of fused-ring (bicyclic) bond motifs is 1. The van der Waals surface area contributed by atoms with Crippen molar-refractivity contribution in [1.82, 2.24) is 4.90 Å². The van der Waals surface area contributed by atoms with E-state index >= 15 is 0 Å². The lowest BCUT2D eigenvalue weighted by molar-refractivity contribution is -0.115. The van der Waals surface area contributed by atoms with E-state index in [1.54, 1.807) is 42.2 Å². The predicted molar refractivity (Wildman–Crippen MR) is 177 cm³/mol. The van der Waals surface area contributed by atoms with E-state index in [0.29, 0.717) is 29.2 Å². The van der Waals surface area contributed by atoms with Crippen LogP contribution in [0.5, 0.6) is 0 Å². The molecule has 46 heavy (non-hydrogen) atoms. The first-order valence-corrected chi connectivity index (χ1v) is 16.5. The van der Waals surface area contributed by atoms with Crippen molar-refractivity contribution in [2.75, 3.05) is 23.8 Å². The number of thiophene rings is 1. The molecule has 1 unspecified atom stereocenters. The van der Waals surface area contributed by atoms with Crippen LogP contribution in [-0.4, -0.2) is 47.5 Å². The van der Waals surface area contributed by atoms with Crippen LogP contribution in [0.4, 0.5) is 15.5 Å². The zero-order chi connectivity index (χ0) is 32.8. The molecule has 1 aliphatic heterocycles. The normalized spacial score (nSPS) is 13.3. The largest absolute Gasteiger partial charge is 0.462 e. The summed E-state index contributed by atoms with van der Waals surface area (Å²) >= 11 is 2.57. The molecule has 1 atom stereocenters. The second kappa shape index (κ2) is 14.3. The Balaban J connectivity index is 1.41. The molecule has 0 saturated carbocycles. The Morgan fingerprint density at radius 2 is 1.80 bits per heavy atom. The average Bonchev–Trinajstić information content (AvgIpc) is 3.68. The maximum Gasteiger partial charge on any atom is 0.410 e. The summed E-state index contributed by atoms with van der Waals surface area (Å²) < 4.78 is 16.1. The van der Waals surface area contributed by atoms with Crippen LogP contribution in [0.2, 0.25) is 0 Å². The van der Waals surface area contributed by atoms with Gasteiger partial charge >= 0.3 is 12.1 Å². The fraction of sp³-hybridized carbons (Fsp3) is 0.294. The van der Waals surface area contributed by atoms with Gasteiger partial charge < -0.3 is 29.4 Å². The van der Waals surface area contributed by atoms with Gasteiger partial charge in [0.2, 0.25) is 5.91 Å². The van der Waals surface area contributed by atoms with Crippen LogP contribution in [0.3, 0.4) is 0 Å². The molecular weight excluding hydrogens is 627 g/mol. The summed E-state index contributed by atoms with van der Waals surface area (Å²) in [6.07, 6.45) is 1.42. The molecule has 1 aliphatic rings. The third-order valence-electron chi connectivity index (χ3n) is 6.86. The predicted octanol–water partition coefficient (Wildman–Crippen LogP) is 7.54. The highest BCUT2D eigenvalue weighted by Crippen LogP contribution is 2.41. The molecular formula is C34H35N3O7S2. The van der Waals surface area contributed by atoms with Crippen LogP contribution in [0.15, 0.2) is 82.3 Å². The molecule has 2 aromatic heterocycles. The summed E-state index contributed by atoms with van der Waals surface area (Å²) in [5.74, 6) is -1.06. The molecule has 0 bridgehead atoms. The van der Waals surface area contributed by atoms with Crippen LogP contribution < -0.4 is 10.6 Å². The first kappa shape index (κ1) is 32.8. The molecule has 10 nitrogen and oxygen atoms in total. The average molecular weight is 662 g/mol. The monoisotopic (exact) mass is 661 g/mol. The second-order valence-electron chi connectivity index (χ2n) is 11.4. The number of benzene rings is 2. The van der Waals surface area contributed by atoms with E-state index < -0.39 is 22.9 Å². The Bertz CT molecular complexity index is 1710. The number of anilines is 2. The van der Waals surface area contributed by atoms with Crippen LogP contribution in [-0.2, 0) is 27.2 Å². The number of furan rings is 1. The Hall–Kier alpha value is -4.55. The molecule has 3 heterocycles. The molecule has 0 spiro atoms. The summed E-state index contributed by atoms with van der Waals surface area (Å²) in [5.41, 5.74) is 1.74. The zero-order valence-corrected chi connectivity index (χ0v) is 27.6. The van der Waals surface area contributed by atoms with Crippen molar-refractivity contribution in [3.63, 3.8) is 0 Å². The third kappa shape index (κ3) is 7.99. The SMILES string of the molecule is CCOC(=O)c1c(NC(=O)C(Sc2cccc(NC(=O)c3ccco3)c2)c2ccccc2)sc2c1CCN(C(=O)OC(C)(C)C)C2. The molecule has 12 heteroatoms. The van der Waals surface area contributed by atoms with Crippen molar-refractivity contribution < 1.29 is 33.1 Å². The number of hydrogen-bond donors (Lipinski definition) is 2. The molecule has 3 amide bonds. The molecule has 0 aliphatic carbocycles. The fourth-order valence-electron chi connectivity index (χ4n) is 4.85. The standard InChI is InChI=1S/C34H35N3O7S2/c1-5-42-32(40)27-24-16-17-37(33(41)44-34(2,3)4)20-26(24)46-31(27)36-30(39)28(21-11-7-6-8-12-21)45-23-14-9-13-22(19-23)35-29(38)25-15-10-18-43-25/h6-15,18-19,28H,5,16-17,20H2,1-4H3,(H,35,38)(H,36,39). The summed E-state index contributed by atoms with van der Waals surface area (Å²) in [5, 5.41) is 5.50. The first-order chi connectivity index (χ1) is 22.0. The number of esters is 1. The summed E-state index contributed by atoms with van der Waals surface area (Å²) in [6.45, 7) is 7.96. The van der Waals surface area contributed by atoms with E-state index in [4.69, 9.17) is 13.9 Å². The lowest BCUT2D eigenvalue weighted by Gasteiger charge is -2.30. The Labute approximate surface area is 275 Å². The Morgan fingerprint density at radius 1 is 1.02 bits per heavy atom. The number of nitrogens with one attached hydrogen (secondary N) is 2. The van der Waals surface area contributed by atoms with E-state index in [1.807, 2.05) is 57.2 Å². The minimum atomic E-state index is -0.704. The van der Waals surface area contributed by atoms with Gasteiger partial charge in [-0.3, -0.25) is 9.59 Å². The summed E-state index contributed by atoms with van der Waals surface area (Å²) in [7, 11) is 0. The van der Waals surface area contributed by atoms with Crippen molar-refractivity contribution in [3.8, 4) is 0 Å². The lowest BCUT2D eigenvalue weighted by Crippen LogP contribution is -2.39. The second-order valence-corrected chi connectivity index (χ2v) is 13.7. The van der Waals surface area contributed by atoms with Gasteiger partial charge in [-0.05, 0) is 75.6 Å².